The van der Waals surface area contributed by atoms with Crippen LogP contribution >= 0.6 is 0 Å². The molecule has 20 heavy (non-hydrogen) atoms. The molecular formula is C16H21NO3. The van der Waals surface area contributed by atoms with E-state index in [-0.39, 0.29) is 11.9 Å². The molecule has 0 atom stereocenters. The van der Waals surface area contributed by atoms with E-state index in [0.29, 0.717) is 32.5 Å². The van der Waals surface area contributed by atoms with Gasteiger partial charge in [0.1, 0.15) is 6.61 Å². The molecule has 4 heteroatoms. The summed E-state index contributed by atoms with van der Waals surface area (Å²) in [6.45, 7) is 5.07. The Morgan fingerprint density at radius 1 is 1.20 bits per heavy atom. The average Bonchev–Trinajstić information content (AvgIpc) is 2.46. The number of ether oxygens (including phenoxy) is 1. The highest BCUT2D eigenvalue weighted by molar-refractivity contribution is 5.78. The van der Waals surface area contributed by atoms with Crippen LogP contribution in [0, 0.1) is 5.41 Å². The number of carbonyl (C=O) groups excluding carboxylic acids is 2. The van der Waals surface area contributed by atoms with Crippen molar-refractivity contribution in [1.82, 2.24) is 4.90 Å². The molecule has 0 bridgehead atoms. The van der Waals surface area contributed by atoms with Gasteiger partial charge >= 0.3 is 5.97 Å². The highest BCUT2D eigenvalue weighted by Gasteiger charge is 2.38. The van der Waals surface area contributed by atoms with E-state index in [1.807, 2.05) is 37.3 Å². The van der Waals surface area contributed by atoms with Crippen LogP contribution in [0.4, 0.5) is 0 Å². The van der Waals surface area contributed by atoms with Gasteiger partial charge in [0.05, 0.1) is 5.41 Å². The summed E-state index contributed by atoms with van der Waals surface area (Å²) in [6, 6.07) is 9.67. The van der Waals surface area contributed by atoms with Crippen LogP contribution < -0.4 is 0 Å². The number of likely N-dealkylation sites (tertiary alicyclic amines) is 1. The Morgan fingerprint density at radius 2 is 1.80 bits per heavy atom. The Labute approximate surface area is 119 Å². The molecule has 1 aliphatic heterocycles. The van der Waals surface area contributed by atoms with Gasteiger partial charge in [-0.15, -0.1) is 0 Å². The van der Waals surface area contributed by atoms with Gasteiger partial charge in [-0.25, -0.2) is 0 Å². The summed E-state index contributed by atoms with van der Waals surface area (Å²) >= 11 is 0. The number of nitrogens with zero attached hydrogens (tertiary/aromatic N) is 1. The molecule has 1 fully saturated rings. The molecule has 1 saturated heterocycles. The molecule has 4 nitrogen and oxygen atoms in total. The van der Waals surface area contributed by atoms with Crippen molar-refractivity contribution in [2.75, 3.05) is 13.1 Å². The number of esters is 1. The number of carbonyl (C=O) groups is 2. The minimum absolute atomic E-state index is 0.0738. The van der Waals surface area contributed by atoms with E-state index in [1.54, 1.807) is 11.8 Å². The van der Waals surface area contributed by atoms with Gasteiger partial charge in [0.2, 0.25) is 5.91 Å². The first kappa shape index (κ1) is 14.6. The van der Waals surface area contributed by atoms with Gasteiger partial charge in [0.25, 0.3) is 0 Å². The fourth-order valence-corrected chi connectivity index (χ4v) is 2.42. The average molecular weight is 275 g/mol. The van der Waals surface area contributed by atoms with Gasteiger partial charge in [-0.2, -0.15) is 0 Å². The highest BCUT2D eigenvalue weighted by atomic mass is 16.5. The lowest BCUT2D eigenvalue weighted by Gasteiger charge is -2.37. The molecule has 1 aliphatic rings. The van der Waals surface area contributed by atoms with E-state index in [4.69, 9.17) is 4.74 Å². The first-order valence-electron chi connectivity index (χ1n) is 6.98. The molecule has 0 unspecified atom stereocenters. The van der Waals surface area contributed by atoms with Crippen molar-refractivity contribution >= 4 is 11.9 Å². The first-order chi connectivity index (χ1) is 9.51. The second-order valence-corrected chi connectivity index (χ2v) is 5.63. The van der Waals surface area contributed by atoms with E-state index in [9.17, 15) is 9.59 Å². The molecule has 0 aromatic heterocycles. The van der Waals surface area contributed by atoms with E-state index in [2.05, 4.69) is 0 Å². The van der Waals surface area contributed by atoms with Crippen LogP contribution in [0.15, 0.2) is 30.3 Å². The van der Waals surface area contributed by atoms with Crippen LogP contribution in [-0.2, 0) is 20.9 Å². The van der Waals surface area contributed by atoms with Crippen molar-refractivity contribution in [3.05, 3.63) is 35.9 Å². The van der Waals surface area contributed by atoms with E-state index in [0.717, 1.165) is 5.56 Å². The number of rotatable bonds is 3. The smallest absolute Gasteiger partial charge is 0.312 e. The molecule has 1 amide bonds. The maximum atomic E-state index is 12.2. The monoisotopic (exact) mass is 275 g/mol. The maximum absolute atomic E-state index is 12.2. The van der Waals surface area contributed by atoms with Crippen molar-refractivity contribution in [2.24, 2.45) is 5.41 Å². The number of hydrogen-bond acceptors (Lipinski definition) is 3. The third-order valence-electron chi connectivity index (χ3n) is 4.02. The zero-order chi connectivity index (χ0) is 14.6. The second kappa shape index (κ2) is 6.07. The quantitative estimate of drug-likeness (QED) is 0.796. The summed E-state index contributed by atoms with van der Waals surface area (Å²) in [6.07, 6.45) is 1.33. The fourth-order valence-electron chi connectivity index (χ4n) is 2.42. The summed E-state index contributed by atoms with van der Waals surface area (Å²) in [5.41, 5.74) is 0.520. The van der Waals surface area contributed by atoms with Gasteiger partial charge in [0.15, 0.2) is 0 Å². The first-order valence-corrected chi connectivity index (χ1v) is 6.98. The molecule has 108 valence electrons. The van der Waals surface area contributed by atoms with E-state index >= 15 is 0 Å². The molecule has 0 saturated carbocycles. The Balaban J connectivity index is 1.88. The number of piperidine rings is 1. The highest BCUT2D eigenvalue weighted by Crippen LogP contribution is 2.32. The van der Waals surface area contributed by atoms with Gasteiger partial charge in [0, 0.05) is 20.0 Å². The van der Waals surface area contributed by atoms with Crippen LogP contribution in [0.3, 0.4) is 0 Å². The molecular weight excluding hydrogens is 254 g/mol. The predicted octanol–water partition coefficient (Wildman–Crippen LogP) is 2.38. The SMILES string of the molecule is CC(=O)N1CCC(C)(C(=O)OCc2ccccc2)CC1. The summed E-state index contributed by atoms with van der Waals surface area (Å²) in [5.74, 6) is -0.0886. The third-order valence-corrected chi connectivity index (χ3v) is 4.02. The number of hydrogen-bond donors (Lipinski definition) is 0. The standard InChI is InChI=1S/C16H21NO3/c1-13(18)17-10-8-16(2,9-11-17)15(19)20-12-14-6-4-3-5-7-14/h3-7H,8-12H2,1-2H3. The largest absolute Gasteiger partial charge is 0.460 e. The van der Waals surface area contributed by atoms with Crippen molar-refractivity contribution in [1.29, 1.82) is 0 Å². The fraction of sp³-hybridized carbons (Fsp3) is 0.500. The zero-order valence-electron chi connectivity index (χ0n) is 12.1. The van der Waals surface area contributed by atoms with E-state index in [1.165, 1.54) is 0 Å². The third kappa shape index (κ3) is 3.38. The van der Waals surface area contributed by atoms with Crippen molar-refractivity contribution in [2.45, 2.75) is 33.3 Å². The second-order valence-electron chi connectivity index (χ2n) is 5.63. The van der Waals surface area contributed by atoms with Crippen molar-refractivity contribution < 1.29 is 14.3 Å². The topological polar surface area (TPSA) is 46.6 Å². The van der Waals surface area contributed by atoms with Gasteiger partial charge in [-0.3, -0.25) is 9.59 Å². The van der Waals surface area contributed by atoms with Crippen LogP contribution in [0.5, 0.6) is 0 Å². The molecule has 0 spiro atoms. The molecule has 0 radical (unpaired) electrons. The molecule has 0 N–H and O–H groups in total. The molecule has 1 aromatic carbocycles. The Kier molecular flexibility index (Phi) is 4.42. The Hall–Kier alpha value is -1.84. The maximum Gasteiger partial charge on any atom is 0.312 e. The minimum Gasteiger partial charge on any atom is -0.460 e. The van der Waals surface area contributed by atoms with Gasteiger partial charge < -0.3 is 9.64 Å². The summed E-state index contributed by atoms with van der Waals surface area (Å²) < 4.78 is 5.42. The van der Waals surface area contributed by atoms with Gasteiger partial charge in [-0.05, 0) is 25.3 Å². The zero-order valence-corrected chi connectivity index (χ0v) is 12.1. The number of amides is 1. The van der Waals surface area contributed by atoms with Crippen LogP contribution in [0.1, 0.15) is 32.3 Å². The van der Waals surface area contributed by atoms with Crippen LogP contribution in [-0.4, -0.2) is 29.9 Å². The number of benzene rings is 1. The van der Waals surface area contributed by atoms with E-state index < -0.39 is 5.41 Å². The Bertz CT molecular complexity index is 476. The van der Waals surface area contributed by atoms with Gasteiger partial charge in [-0.1, -0.05) is 30.3 Å². The molecule has 0 aliphatic carbocycles. The summed E-state index contributed by atoms with van der Waals surface area (Å²) in [4.78, 5) is 25.3. The summed E-state index contributed by atoms with van der Waals surface area (Å²) in [7, 11) is 0. The lowest BCUT2D eigenvalue weighted by molar-refractivity contribution is -0.160. The lowest BCUT2D eigenvalue weighted by atomic mass is 9.80. The lowest BCUT2D eigenvalue weighted by Crippen LogP contribution is -2.45. The minimum atomic E-state index is -0.471. The van der Waals surface area contributed by atoms with Crippen LogP contribution in [0.2, 0.25) is 0 Å². The van der Waals surface area contributed by atoms with Crippen molar-refractivity contribution in [3.8, 4) is 0 Å². The Morgan fingerprint density at radius 3 is 2.35 bits per heavy atom. The molecule has 1 heterocycles. The predicted molar refractivity (Wildman–Crippen MR) is 75.8 cm³/mol. The van der Waals surface area contributed by atoms with Crippen molar-refractivity contribution in [3.63, 3.8) is 0 Å². The molecule has 1 aromatic rings. The normalized spacial score (nSPS) is 17.6. The summed E-state index contributed by atoms with van der Waals surface area (Å²) in [5, 5.41) is 0. The van der Waals surface area contributed by atoms with Crippen LogP contribution in [0.25, 0.3) is 0 Å². The molecule has 2 rings (SSSR count).